The molecule has 0 N–H and O–H groups in total. The Morgan fingerprint density at radius 1 is 0.967 bits per heavy atom. The maximum absolute atomic E-state index is 13.9. The van der Waals surface area contributed by atoms with Crippen molar-refractivity contribution in [2.75, 3.05) is 15.6 Å². The van der Waals surface area contributed by atoms with E-state index in [2.05, 4.69) is 0 Å². The first-order valence-electron chi connectivity index (χ1n) is 9.70. The lowest BCUT2D eigenvalue weighted by atomic mass is 10.0. The van der Waals surface area contributed by atoms with Gasteiger partial charge in [-0.25, -0.2) is 0 Å². The highest BCUT2D eigenvalue weighted by Gasteiger charge is 2.60. The van der Waals surface area contributed by atoms with Gasteiger partial charge in [0.25, 0.3) is 5.91 Å². The molecule has 0 radical (unpaired) electrons. The number of hydrogen-bond acceptors (Lipinski definition) is 3. The van der Waals surface area contributed by atoms with Gasteiger partial charge in [-0.05, 0) is 42.8 Å². The SMILES string of the molecule is Cc1ccc(N2C(=O)CS[C@@]23C(=O)N(Cc2ccc(Cl)cc2)c2ccccc23)cc1. The van der Waals surface area contributed by atoms with Crippen LogP contribution in [0, 0.1) is 6.92 Å². The Morgan fingerprint density at radius 3 is 2.40 bits per heavy atom. The molecule has 1 fully saturated rings. The first kappa shape index (κ1) is 19.2. The molecule has 3 aromatic rings. The molecule has 0 bridgehead atoms. The Labute approximate surface area is 184 Å². The number of thioether (sulfide) groups is 1. The predicted octanol–water partition coefficient (Wildman–Crippen LogP) is 5.13. The molecule has 1 spiro atoms. The van der Waals surface area contributed by atoms with Crippen molar-refractivity contribution in [3.63, 3.8) is 0 Å². The summed E-state index contributed by atoms with van der Waals surface area (Å²) >= 11 is 7.42. The van der Waals surface area contributed by atoms with Gasteiger partial charge in [-0.2, -0.15) is 0 Å². The molecule has 6 heteroatoms. The standard InChI is InChI=1S/C24H19ClN2O2S/c1-16-6-12-19(13-7-16)27-22(28)15-30-24(27)20-4-2-3-5-21(20)26(23(24)29)14-17-8-10-18(25)11-9-17/h2-13H,14-15H2,1H3/t24-/m0/s1. The minimum Gasteiger partial charge on any atom is -0.304 e. The van der Waals surface area contributed by atoms with Gasteiger partial charge < -0.3 is 4.90 Å². The molecule has 4 nitrogen and oxygen atoms in total. The Morgan fingerprint density at radius 2 is 1.67 bits per heavy atom. The summed E-state index contributed by atoms with van der Waals surface area (Å²) in [5, 5.41) is 0.658. The van der Waals surface area contributed by atoms with Gasteiger partial charge in [0.05, 0.1) is 18.0 Å². The molecule has 5 rings (SSSR count). The number of anilines is 2. The van der Waals surface area contributed by atoms with E-state index in [-0.39, 0.29) is 17.6 Å². The highest BCUT2D eigenvalue weighted by molar-refractivity contribution is 8.02. The Balaban J connectivity index is 1.62. The summed E-state index contributed by atoms with van der Waals surface area (Å²) in [6, 6.07) is 23.0. The van der Waals surface area contributed by atoms with Crippen LogP contribution in [0.1, 0.15) is 16.7 Å². The molecule has 2 heterocycles. The number of benzene rings is 3. The van der Waals surface area contributed by atoms with Crippen molar-refractivity contribution in [3.8, 4) is 0 Å². The van der Waals surface area contributed by atoms with Crippen LogP contribution < -0.4 is 9.80 Å². The fourth-order valence-corrected chi connectivity index (χ4v) is 5.66. The van der Waals surface area contributed by atoms with Gasteiger partial charge in [0.15, 0.2) is 0 Å². The molecule has 1 saturated heterocycles. The van der Waals surface area contributed by atoms with Crippen molar-refractivity contribution >= 4 is 46.6 Å². The van der Waals surface area contributed by atoms with E-state index in [0.29, 0.717) is 11.6 Å². The predicted molar refractivity (Wildman–Crippen MR) is 122 cm³/mol. The molecule has 30 heavy (non-hydrogen) atoms. The monoisotopic (exact) mass is 434 g/mol. The number of amides is 2. The zero-order chi connectivity index (χ0) is 20.9. The summed E-state index contributed by atoms with van der Waals surface area (Å²) in [5.41, 5.74) is 4.54. The van der Waals surface area contributed by atoms with Crippen LogP contribution in [0.2, 0.25) is 5.02 Å². The third-order valence-electron chi connectivity index (χ3n) is 5.61. The third-order valence-corrected chi connectivity index (χ3v) is 7.25. The molecule has 2 aliphatic rings. The maximum Gasteiger partial charge on any atom is 0.269 e. The number of fused-ring (bicyclic) bond motifs is 2. The first-order valence-corrected chi connectivity index (χ1v) is 11.1. The molecule has 0 unspecified atom stereocenters. The fraction of sp³-hybridized carbons (Fsp3) is 0.167. The number of aryl methyl sites for hydroxylation is 1. The highest BCUT2D eigenvalue weighted by atomic mass is 35.5. The number of nitrogens with zero attached hydrogens (tertiary/aromatic N) is 2. The van der Waals surface area contributed by atoms with Crippen molar-refractivity contribution in [1.29, 1.82) is 0 Å². The Bertz CT molecular complexity index is 1150. The minimum absolute atomic E-state index is 0.0552. The number of halogens is 1. The average Bonchev–Trinajstić information content (AvgIpc) is 3.22. The van der Waals surface area contributed by atoms with Crippen molar-refractivity contribution in [1.82, 2.24) is 0 Å². The molecule has 0 aromatic heterocycles. The second-order valence-corrected chi connectivity index (χ2v) is 9.14. The van der Waals surface area contributed by atoms with Crippen LogP contribution in [0.4, 0.5) is 11.4 Å². The average molecular weight is 435 g/mol. The fourth-order valence-electron chi connectivity index (χ4n) is 4.18. The molecule has 0 aliphatic carbocycles. The highest BCUT2D eigenvalue weighted by Crippen LogP contribution is 2.55. The quantitative estimate of drug-likeness (QED) is 0.574. The van der Waals surface area contributed by atoms with E-state index >= 15 is 0 Å². The number of para-hydroxylation sites is 1. The number of carbonyl (C=O) groups excluding carboxylic acids is 2. The lowest BCUT2D eigenvalue weighted by molar-refractivity contribution is -0.123. The molecule has 2 aliphatic heterocycles. The summed E-state index contributed by atoms with van der Waals surface area (Å²) in [6.45, 7) is 2.43. The van der Waals surface area contributed by atoms with E-state index < -0.39 is 4.87 Å². The molecule has 2 amide bonds. The van der Waals surface area contributed by atoms with E-state index in [1.807, 2.05) is 79.7 Å². The van der Waals surface area contributed by atoms with Crippen LogP contribution >= 0.6 is 23.4 Å². The summed E-state index contributed by atoms with van der Waals surface area (Å²) < 4.78 is 0. The van der Waals surface area contributed by atoms with Gasteiger partial charge in [-0.15, -0.1) is 11.8 Å². The molecular weight excluding hydrogens is 416 g/mol. The van der Waals surface area contributed by atoms with Gasteiger partial charge in [0, 0.05) is 16.3 Å². The van der Waals surface area contributed by atoms with Gasteiger partial charge in [0.1, 0.15) is 0 Å². The first-order chi connectivity index (χ1) is 14.5. The van der Waals surface area contributed by atoms with Crippen molar-refractivity contribution < 1.29 is 9.59 Å². The normalized spacial score (nSPS) is 20.3. The second kappa shape index (κ2) is 7.18. The van der Waals surface area contributed by atoms with Crippen molar-refractivity contribution in [2.45, 2.75) is 18.3 Å². The van der Waals surface area contributed by atoms with E-state index in [1.54, 1.807) is 9.80 Å². The van der Waals surface area contributed by atoms with Crippen molar-refractivity contribution in [2.24, 2.45) is 0 Å². The molecule has 0 saturated carbocycles. The van der Waals surface area contributed by atoms with Crippen LogP contribution in [0.15, 0.2) is 72.8 Å². The van der Waals surface area contributed by atoms with E-state index in [9.17, 15) is 9.59 Å². The van der Waals surface area contributed by atoms with E-state index in [4.69, 9.17) is 11.6 Å². The van der Waals surface area contributed by atoms with Crippen LogP contribution in [0.25, 0.3) is 0 Å². The largest absolute Gasteiger partial charge is 0.304 e. The lowest BCUT2D eigenvalue weighted by Crippen LogP contribution is -2.49. The van der Waals surface area contributed by atoms with Crippen LogP contribution in [0.3, 0.4) is 0 Å². The van der Waals surface area contributed by atoms with Crippen LogP contribution in [0.5, 0.6) is 0 Å². The topological polar surface area (TPSA) is 40.6 Å². The Kier molecular flexibility index (Phi) is 4.60. The second-order valence-electron chi connectivity index (χ2n) is 7.53. The van der Waals surface area contributed by atoms with Crippen molar-refractivity contribution in [3.05, 3.63) is 94.5 Å². The van der Waals surface area contributed by atoms with E-state index in [1.165, 1.54) is 11.8 Å². The Hall–Kier alpha value is -2.76. The molecule has 3 aromatic carbocycles. The summed E-state index contributed by atoms with van der Waals surface area (Å²) in [4.78, 5) is 29.3. The van der Waals surface area contributed by atoms with Gasteiger partial charge in [-0.3, -0.25) is 14.5 Å². The third kappa shape index (κ3) is 2.84. The maximum atomic E-state index is 13.9. The van der Waals surface area contributed by atoms with Crippen LogP contribution in [-0.4, -0.2) is 17.6 Å². The number of rotatable bonds is 3. The lowest BCUT2D eigenvalue weighted by Gasteiger charge is -2.33. The number of carbonyl (C=O) groups is 2. The zero-order valence-corrected chi connectivity index (χ0v) is 17.9. The van der Waals surface area contributed by atoms with Gasteiger partial charge >= 0.3 is 0 Å². The van der Waals surface area contributed by atoms with Gasteiger partial charge in [-0.1, -0.05) is 59.6 Å². The molecule has 150 valence electrons. The molecule has 1 atom stereocenters. The smallest absolute Gasteiger partial charge is 0.269 e. The zero-order valence-electron chi connectivity index (χ0n) is 16.3. The van der Waals surface area contributed by atoms with E-state index in [0.717, 1.165) is 28.1 Å². The van der Waals surface area contributed by atoms with Gasteiger partial charge in [0.2, 0.25) is 10.8 Å². The minimum atomic E-state index is -1.07. The summed E-state index contributed by atoms with van der Waals surface area (Å²) in [5.74, 6) is 0.123. The number of hydrogen-bond donors (Lipinski definition) is 0. The molecular formula is C24H19ClN2O2S. The summed E-state index contributed by atoms with van der Waals surface area (Å²) in [6.07, 6.45) is 0. The summed E-state index contributed by atoms with van der Waals surface area (Å²) in [7, 11) is 0. The van der Waals surface area contributed by atoms with Crippen LogP contribution in [-0.2, 0) is 21.0 Å².